The molecule has 5 nitrogen and oxygen atoms in total. The van der Waals surface area contributed by atoms with E-state index in [1.807, 2.05) is 24.3 Å². The maximum atomic E-state index is 6.07. The average molecular weight is 269 g/mol. The molecule has 0 aliphatic heterocycles. The molecule has 0 radical (unpaired) electrons. The molecule has 108 valence electrons. The second-order valence-corrected chi connectivity index (χ2v) is 4.03. The molecule has 0 aliphatic rings. The second-order valence-electron chi connectivity index (χ2n) is 4.03. The van der Waals surface area contributed by atoms with E-state index in [-0.39, 0.29) is 6.04 Å². The van der Waals surface area contributed by atoms with Crippen LogP contribution in [0.4, 0.5) is 0 Å². The lowest BCUT2D eigenvalue weighted by molar-refractivity contribution is 0.0215. The quantitative estimate of drug-likeness (QED) is 0.650. The zero-order chi connectivity index (χ0) is 13.9. The van der Waals surface area contributed by atoms with E-state index in [9.17, 15) is 0 Å². The van der Waals surface area contributed by atoms with E-state index < -0.39 is 0 Å². The molecule has 0 fully saturated rings. The van der Waals surface area contributed by atoms with Gasteiger partial charge in [-0.3, -0.25) is 0 Å². The molecule has 0 bridgehead atoms. The molecule has 1 aromatic rings. The molecule has 2 N–H and O–H groups in total. The summed E-state index contributed by atoms with van der Waals surface area (Å²) in [7, 11) is 3.28. The maximum Gasteiger partial charge on any atom is 0.123 e. The maximum absolute atomic E-state index is 6.07. The summed E-state index contributed by atoms with van der Waals surface area (Å²) in [5.74, 6) is 0.787. The highest BCUT2D eigenvalue weighted by atomic mass is 16.5. The number of hydrogen-bond acceptors (Lipinski definition) is 5. The summed E-state index contributed by atoms with van der Waals surface area (Å²) in [6.07, 6.45) is 0. The van der Waals surface area contributed by atoms with Crippen LogP contribution in [-0.2, 0) is 14.2 Å². The van der Waals surface area contributed by atoms with Crippen LogP contribution >= 0.6 is 0 Å². The fourth-order valence-corrected chi connectivity index (χ4v) is 1.64. The Morgan fingerprint density at radius 2 is 1.68 bits per heavy atom. The molecule has 0 heterocycles. The van der Waals surface area contributed by atoms with Crippen molar-refractivity contribution in [2.24, 2.45) is 5.73 Å². The van der Waals surface area contributed by atoms with E-state index in [4.69, 9.17) is 24.7 Å². The van der Waals surface area contributed by atoms with E-state index >= 15 is 0 Å². The van der Waals surface area contributed by atoms with Gasteiger partial charge in [0.05, 0.1) is 46.2 Å². The molecule has 5 heteroatoms. The number of rotatable bonds is 10. The van der Waals surface area contributed by atoms with Crippen LogP contribution in [0.3, 0.4) is 0 Å². The Balaban J connectivity index is 2.22. The van der Waals surface area contributed by atoms with Crippen molar-refractivity contribution < 1.29 is 18.9 Å². The van der Waals surface area contributed by atoms with Crippen LogP contribution in [0.5, 0.6) is 5.75 Å². The summed E-state index contributed by atoms with van der Waals surface area (Å²) in [4.78, 5) is 0. The normalized spacial score (nSPS) is 12.4. The standard InChI is InChI=1S/C14H23NO4/c1-16-7-8-18-9-10-19-11-13(15)12-5-3-4-6-14(12)17-2/h3-6,13H,7-11,15H2,1-2H3. The molecule has 1 unspecified atom stereocenters. The van der Waals surface area contributed by atoms with Crippen LogP contribution < -0.4 is 10.5 Å². The fourth-order valence-electron chi connectivity index (χ4n) is 1.64. The third-order valence-corrected chi connectivity index (χ3v) is 2.64. The van der Waals surface area contributed by atoms with Gasteiger partial charge in [-0.2, -0.15) is 0 Å². The third-order valence-electron chi connectivity index (χ3n) is 2.64. The predicted octanol–water partition coefficient (Wildman–Crippen LogP) is 1.37. The molecule has 0 aliphatic carbocycles. The first-order valence-electron chi connectivity index (χ1n) is 6.32. The molecular weight excluding hydrogens is 246 g/mol. The van der Waals surface area contributed by atoms with Crippen LogP contribution in [-0.4, -0.2) is 47.3 Å². The predicted molar refractivity (Wildman–Crippen MR) is 73.4 cm³/mol. The van der Waals surface area contributed by atoms with Gasteiger partial charge in [-0.1, -0.05) is 18.2 Å². The molecular formula is C14H23NO4. The highest BCUT2D eigenvalue weighted by Crippen LogP contribution is 2.23. The minimum atomic E-state index is -0.199. The molecule has 19 heavy (non-hydrogen) atoms. The minimum Gasteiger partial charge on any atom is -0.496 e. The van der Waals surface area contributed by atoms with Crippen molar-refractivity contribution in [3.8, 4) is 5.75 Å². The van der Waals surface area contributed by atoms with E-state index in [2.05, 4.69) is 0 Å². The molecule has 0 spiro atoms. The topological polar surface area (TPSA) is 62.9 Å². The van der Waals surface area contributed by atoms with Crippen molar-refractivity contribution in [3.05, 3.63) is 29.8 Å². The lowest BCUT2D eigenvalue weighted by Gasteiger charge is -2.15. The molecule has 0 amide bonds. The highest BCUT2D eigenvalue weighted by molar-refractivity contribution is 5.35. The summed E-state index contributed by atoms with van der Waals surface area (Å²) in [6, 6.07) is 7.49. The molecule has 1 aromatic carbocycles. The third kappa shape index (κ3) is 6.02. The van der Waals surface area contributed by atoms with Gasteiger partial charge < -0.3 is 24.7 Å². The van der Waals surface area contributed by atoms with Crippen molar-refractivity contribution in [2.75, 3.05) is 47.3 Å². The highest BCUT2D eigenvalue weighted by Gasteiger charge is 2.11. The Labute approximate surface area is 114 Å². The van der Waals surface area contributed by atoms with Gasteiger partial charge >= 0.3 is 0 Å². The Morgan fingerprint density at radius 3 is 2.42 bits per heavy atom. The van der Waals surface area contributed by atoms with E-state index in [0.717, 1.165) is 11.3 Å². The Kier molecular flexibility index (Phi) is 8.16. The number of para-hydroxylation sites is 1. The first kappa shape index (κ1) is 15.9. The monoisotopic (exact) mass is 269 g/mol. The van der Waals surface area contributed by atoms with Gasteiger partial charge in [0.25, 0.3) is 0 Å². The van der Waals surface area contributed by atoms with Crippen molar-refractivity contribution in [1.82, 2.24) is 0 Å². The van der Waals surface area contributed by atoms with Crippen LogP contribution in [0, 0.1) is 0 Å². The van der Waals surface area contributed by atoms with Crippen LogP contribution in [0.25, 0.3) is 0 Å². The summed E-state index contributed by atoms with van der Waals surface area (Å²) in [5, 5.41) is 0. The van der Waals surface area contributed by atoms with Gasteiger partial charge in [0.2, 0.25) is 0 Å². The number of nitrogens with two attached hydrogens (primary N) is 1. The lowest BCUT2D eigenvalue weighted by atomic mass is 10.1. The molecule has 0 saturated heterocycles. The largest absolute Gasteiger partial charge is 0.496 e. The van der Waals surface area contributed by atoms with Crippen LogP contribution in [0.2, 0.25) is 0 Å². The number of benzene rings is 1. The van der Waals surface area contributed by atoms with Gasteiger partial charge in [0, 0.05) is 12.7 Å². The van der Waals surface area contributed by atoms with Crippen LogP contribution in [0.15, 0.2) is 24.3 Å². The number of hydrogen-bond donors (Lipinski definition) is 1. The van der Waals surface area contributed by atoms with Gasteiger partial charge in [-0.15, -0.1) is 0 Å². The van der Waals surface area contributed by atoms with E-state index in [0.29, 0.717) is 33.0 Å². The summed E-state index contributed by atoms with van der Waals surface area (Å²) in [6.45, 7) is 2.68. The molecule has 1 rings (SSSR count). The average Bonchev–Trinajstić information content (AvgIpc) is 2.46. The second kappa shape index (κ2) is 9.75. The smallest absolute Gasteiger partial charge is 0.123 e. The number of ether oxygens (including phenoxy) is 4. The van der Waals surface area contributed by atoms with Gasteiger partial charge in [0.15, 0.2) is 0 Å². The zero-order valence-corrected chi connectivity index (χ0v) is 11.6. The van der Waals surface area contributed by atoms with Crippen molar-refractivity contribution in [3.63, 3.8) is 0 Å². The summed E-state index contributed by atoms with van der Waals surface area (Å²) in [5.41, 5.74) is 7.02. The van der Waals surface area contributed by atoms with Crippen molar-refractivity contribution >= 4 is 0 Å². The van der Waals surface area contributed by atoms with Gasteiger partial charge in [-0.25, -0.2) is 0 Å². The van der Waals surface area contributed by atoms with E-state index in [1.165, 1.54) is 0 Å². The van der Waals surface area contributed by atoms with Crippen LogP contribution in [0.1, 0.15) is 11.6 Å². The Hall–Kier alpha value is -1.14. The molecule has 0 saturated carbocycles. The SMILES string of the molecule is COCCOCCOCC(N)c1ccccc1OC. The summed E-state index contributed by atoms with van der Waals surface area (Å²) < 4.78 is 20.9. The minimum absolute atomic E-state index is 0.199. The number of methoxy groups -OCH3 is 2. The summed E-state index contributed by atoms with van der Waals surface area (Å²) >= 11 is 0. The zero-order valence-electron chi connectivity index (χ0n) is 11.6. The first-order chi connectivity index (χ1) is 9.29. The lowest BCUT2D eigenvalue weighted by Crippen LogP contribution is -2.19. The van der Waals surface area contributed by atoms with Gasteiger partial charge in [-0.05, 0) is 6.07 Å². The van der Waals surface area contributed by atoms with Crippen molar-refractivity contribution in [1.29, 1.82) is 0 Å². The van der Waals surface area contributed by atoms with Gasteiger partial charge in [0.1, 0.15) is 5.75 Å². The Bertz CT molecular complexity index is 346. The van der Waals surface area contributed by atoms with Crippen molar-refractivity contribution in [2.45, 2.75) is 6.04 Å². The molecule has 1 atom stereocenters. The van der Waals surface area contributed by atoms with E-state index in [1.54, 1.807) is 14.2 Å². The molecule has 0 aromatic heterocycles. The first-order valence-corrected chi connectivity index (χ1v) is 6.32. The Morgan fingerprint density at radius 1 is 1.00 bits per heavy atom. The fraction of sp³-hybridized carbons (Fsp3) is 0.571.